The maximum Gasteiger partial charge on any atom is 0.256 e. The highest BCUT2D eigenvalue weighted by atomic mass is 19.2. The first kappa shape index (κ1) is 17.3. The largest absolute Gasteiger partial charge is 0.367 e. The number of rotatable bonds is 4. The first-order valence-corrected chi connectivity index (χ1v) is 8.57. The van der Waals surface area contributed by atoms with Gasteiger partial charge >= 0.3 is 0 Å². The van der Waals surface area contributed by atoms with Gasteiger partial charge in [0.05, 0.1) is 11.9 Å². The summed E-state index contributed by atoms with van der Waals surface area (Å²) in [6.45, 7) is 3.20. The van der Waals surface area contributed by atoms with Crippen molar-refractivity contribution < 1.29 is 13.6 Å². The fraction of sp³-hybridized carbons (Fsp3) is 0.368. The fourth-order valence-corrected chi connectivity index (χ4v) is 3.22. The Labute approximate surface area is 145 Å². The third-order valence-corrected chi connectivity index (χ3v) is 4.60. The number of nitrogens with zero attached hydrogens (tertiary/aromatic N) is 2. The van der Waals surface area contributed by atoms with Crippen molar-refractivity contribution >= 4 is 17.4 Å². The van der Waals surface area contributed by atoms with Gasteiger partial charge in [0, 0.05) is 18.2 Å². The summed E-state index contributed by atoms with van der Waals surface area (Å²) < 4.78 is 26.2. The Morgan fingerprint density at radius 3 is 2.76 bits per heavy atom. The summed E-state index contributed by atoms with van der Waals surface area (Å²) in [4.78, 5) is 18.8. The summed E-state index contributed by atoms with van der Waals surface area (Å²) in [5, 5.41) is 2.60. The van der Waals surface area contributed by atoms with Gasteiger partial charge in [0.15, 0.2) is 11.6 Å². The number of aromatic nitrogens is 1. The number of carbonyl (C=O) groups is 1. The van der Waals surface area contributed by atoms with Crippen LogP contribution < -0.4 is 10.2 Å². The van der Waals surface area contributed by atoms with E-state index in [-0.39, 0.29) is 5.56 Å². The third kappa shape index (κ3) is 3.95. The normalized spacial score (nSPS) is 17.4. The molecule has 1 aliphatic rings. The Morgan fingerprint density at radius 1 is 1.24 bits per heavy atom. The lowest BCUT2D eigenvalue weighted by molar-refractivity contribution is 0.102. The van der Waals surface area contributed by atoms with Crippen molar-refractivity contribution in [2.24, 2.45) is 0 Å². The van der Waals surface area contributed by atoms with Crippen LogP contribution in [0.5, 0.6) is 0 Å². The molecular weight excluding hydrogens is 324 g/mol. The van der Waals surface area contributed by atoms with Crippen molar-refractivity contribution in [3.63, 3.8) is 0 Å². The second kappa shape index (κ2) is 7.59. The topological polar surface area (TPSA) is 45.2 Å². The highest BCUT2D eigenvalue weighted by Crippen LogP contribution is 2.26. The molecule has 0 bridgehead atoms. The van der Waals surface area contributed by atoms with Crippen LogP contribution in [0.25, 0.3) is 0 Å². The standard InChI is InChI=1S/C19H21F2N3O/c1-2-14-5-3-4-10-24(14)15-7-9-18(22-12-15)23-19(25)13-6-8-16(20)17(21)11-13/h6-9,11-12,14H,2-5,10H2,1H3,(H,22,23,25). The fourth-order valence-electron chi connectivity index (χ4n) is 3.22. The van der Waals surface area contributed by atoms with Crippen molar-refractivity contribution in [3.8, 4) is 0 Å². The van der Waals surface area contributed by atoms with E-state index in [9.17, 15) is 13.6 Å². The lowest BCUT2D eigenvalue weighted by atomic mass is 9.99. The summed E-state index contributed by atoms with van der Waals surface area (Å²) in [6, 6.07) is 7.23. The highest BCUT2D eigenvalue weighted by Gasteiger charge is 2.21. The molecule has 6 heteroatoms. The van der Waals surface area contributed by atoms with Gasteiger partial charge in [-0.15, -0.1) is 0 Å². The van der Waals surface area contributed by atoms with Crippen LogP contribution >= 0.6 is 0 Å². The third-order valence-electron chi connectivity index (χ3n) is 4.60. The van der Waals surface area contributed by atoms with Gasteiger partial charge in [-0.2, -0.15) is 0 Å². The van der Waals surface area contributed by atoms with E-state index < -0.39 is 17.5 Å². The molecule has 1 atom stereocenters. The van der Waals surface area contributed by atoms with Gasteiger partial charge in [-0.1, -0.05) is 6.92 Å². The van der Waals surface area contributed by atoms with Gasteiger partial charge < -0.3 is 10.2 Å². The van der Waals surface area contributed by atoms with E-state index >= 15 is 0 Å². The minimum absolute atomic E-state index is 0.0480. The number of hydrogen-bond donors (Lipinski definition) is 1. The molecule has 1 aromatic heterocycles. The van der Waals surface area contributed by atoms with E-state index in [1.54, 1.807) is 12.3 Å². The van der Waals surface area contributed by atoms with Gasteiger partial charge in [-0.25, -0.2) is 13.8 Å². The molecular formula is C19H21F2N3O. The molecule has 132 valence electrons. The predicted octanol–water partition coefficient (Wildman–Crippen LogP) is 4.38. The summed E-state index contributed by atoms with van der Waals surface area (Å²) in [5.41, 5.74) is 1.09. The Hall–Kier alpha value is -2.50. The van der Waals surface area contributed by atoms with E-state index in [2.05, 4.69) is 22.1 Å². The van der Waals surface area contributed by atoms with E-state index in [0.29, 0.717) is 11.9 Å². The Kier molecular flexibility index (Phi) is 5.26. The molecule has 0 spiro atoms. The van der Waals surface area contributed by atoms with E-state index in [0.717, 1.165) is 30.8 Å². The highest BCUT2D eigenvalue weighted by molar-refractivity contribution is 6.03. The van der Waals surface area contributed by atoms with Crippen molar-refractivity contribution in [1.82, 2.24) is 4.98 Å². The van der Waals surface area contributed by atoms with Crippen molar-refractivity contribution in [3.05, 3.63) is 53.7 Å². The average molecular weight is 345 g/mol. The van der Waals surface area contributed by atoms with Crippen LogP contribution in [0.2, 0.25) is 0 Å². The van der Waals surface area contributed by atoms with Crippen LogP contribution in [0.1, 0.15) is 43.0 Å². The maximum atomic E-state index is 13.2. The number of piperidine rings is 1. The lowest BCUT2D eigenvalue weighted by Gasteiger charge is -2.37. The Balaban J connectivity index is 1.69. The Bertz CT molecular complexity index is 749. The zero-order valence-corrected chi connectivity index (χ0v) is 14.1. The van der Waals surface area contributed by atoms with E-state index in [4.69, 9.17) is 0 Å². The van der Waals surface area contributed by atoms with Crippen LogP contribution in [0.15, 0.2) is 36.5 Å². The molecule has 1 aromatic carbocycles. The van der Waals surface area contributed by atoms with Gasteiger partial charge in [-0.3, -0.25) is 4.79 Å². The molecule has 1 N–H and O–H groups in total. The molecule has 2 heterocycles. The minimum atomic E-state index is -1.05. The number of halogens is 2. The lowest BCUT2D eigenvalue weighted by Crippen LogP contribution is -2.39. The number of hydrogen-bond acceptors (Lipinski definition) is 3. The molecule has 1 unspecified atom stereocenters. The molecule has 3 rings (SSSR count). The van der Waals surface area contributed by atoms with Gasteiger partial charge in [0.2, 0.25) is 0 Å². The smallest absolute Gasteiger partial charge is 0.256 e. The first-order chi connectivity index (χ1) is 12.1. The van der Waals surface area contributed by atoms with Crippen LogP contribution in [-0.2, 0) is 0 Å². The Morgan fingerprint density at radius 2 is 2.08 bits per heavy atom. The van der Waals surface area contributed by atoms with Crippen LogP contribution in [-0.4, -0.2) is 23.5 Å². The molecule has 0 saturated carbocycles. The van der Waals surface area contributed by atoms with Crippen LogP contribution in [0.3, 0.4) is 0 Å². The number of carbonyl (C=O) groups excluding carboxylic acids is 1. The van der Waals surface area contributed by atoms with Gasteiger partial charge in [0.1, 0.15) is 5.82 Å². The zero-order valence-electron chi connectivity index (χ0n) is 14.1. The molecule has 1 fully saturated rings. The summed E-state index contributed by atoms with van der Waals surface area (Å²) >= 11 is 0. The summed E-state index contributed by atoms with van der Waals surface area (Å²) in [5.74, 6) is -2.18. The van der Waals surface area contributed by atoms with Crippen molar-refractivity contribution in [2.45, 2.75) is 38.6 Å². The SMILES string of the molecule is CCC1CCCCN1c1ccc(NC(=O)c2ccc(F)c(F)c2)nc1. The number of amides is 1. The van der Waals surface area contributed by atoms with E-state index in [1.807, 2.05) is 6.07 Å². The second-order valence-electron chi connectivity index (χ2n) is 6.24. The molecule has 0 aliphatic carbocycles. The van der Waals surface area contributed by atoms with Crippen molar-refractivity contribution in [1.29, 1.82) is 0 Å². The van der Waals surface area contributed by atoms with Crippen molar-refractivity contribution in [2.75, 3.05) is 16.8 Å². The first-order valence-electron chi connectivity index (χ1n) is 8.57. The second-order valence-corrected chi connectivity index (χ2v) is 6.24. The summed E-state index contributed by atoms with van der Waals surface area (Å²) in [7, 11) is 0. The minimum Gasteiger partial charge on any atom is -0.367 e. The number of anilines is 2. The number of benzene rings is 1. The molecule has 2 aromatic rings. The number of nitrogens with one attached hydrogen (secondary N) is 1. The zero-order chi connectivity index (χ0) is 17.8. The van der Waals surface area contributed by atoms with Gasteiger partial charge in [-0.05, 0) is 56.0 Å². The molecule has 25 heavy (non-hydrogen) atoms. The average Bonchev–Trinajstić information content (AvgIpc) is 2.64. The molecule has 0 radical (unpaired) electrons. The molecule has 1 saturated heterocycles. The molecule has 1 aliphatic heterocycles. The monoisotopic (exact) mass is 345 g/mol. The van der Waals surface area contributed by atoms with Gasteiger partial charge in [0.25, 0.3) is 5.91 Å². The van der Waals surface area contributed by atoms with E-state index in [1.165, 1.54) is 25.3 Å². The van der Waals surface area contributed by atoms with Crippen LogP contribution in [0.4, 0.5) is 20.3 Å². The van der Waals surface area contributed by atoms with Crippen LogP contribution in [0, 0.1) is 11.6 Å². The predicted molar refractivity (Wildman–Crippen MR) is 93.8 cm³/mol. The maximum absolute atomic E-state index is 13.2. The summed E-state index contributed by atoms with van der Waals surface area (Å²) in [6.07, 6.45) is 6.45. The molecule has 1 amide bonds. The quantitative estimate of drug-likeness (QED) is 0.894. The molecule has 4 nitrogen and oxygen atoms in total. The number of pyridine rings is 1.